The summed E-state index contributed by atoms with van der Waals surface area (Å²) in [5, 5.41) is 0. The quantitative estimate of drug-likeness (QED) is 0.0261. The summed E-state index contributed by atoms with van der Waals surface area (Å²) < 4.78 is 16.9. The summed E-state index contributed by atoms with van der Waals surface area (Å²) in [5.74, 6) is -0.946. The lowest BCUT2D eigenvalue weighted by Crippen LogP contribution is -2.30. The summed E-state index contributed by atoms with van der Waals surface area (Å²) in [6, 6.07) is 0. The van der Waals surface area contributed by atoms with Gasteiger partial charge in [0.25, 0.3) is 0 Å². The molecule has 446 valence electrons. The second-order valence-electron chi connectivity index (χ2n) is 20.9. The number of hydrogen-bond donors (Lipinski definition) is 0. The van der Waals surface area contributed by atoms with E-state index in [1.807, 2.05) is 0 Å². The Bertz CT molecular complexity index is 1730. The second kappa shape index (κ2) is 65.8. The highest BCUT2D eigenvalue weighted by Crippen LogP contribution is 2.15. The van der Waals surface area contributed by atoms with E-state index < -0.39 is 6.10 Å². The number of unbranched alkanes of at least 4 members (excludes halogenated alkanes) is 22. The molecule has 0 heterocycles. The van der Waals surface area contributed by atoms with Gasteiger partial charge in [-0.3, -0.25) is 14.4 Å². The van der Waals surface area contributed by atoms with E-state index in [0.717, 1.165) is 154 Å². The Morgan fingerprint density at radius 1 is 0.266 bits per heavy atom. The monoisotopic (exact) mass is 1090 g/mol. The Kier molecular flexibility index (Phi) is 61.9. The third-order valence-electron chi connectivity index (χ3n) is 13.3. The first kappa shape index (κ1) is 74.3. The molecule has 0 bridgehead atoms. The predicted octanol–water partition coefficient (Wildman–Crippen LogP) is 22.3. The summed E-state index contributed by atoms with van der Waals surface area (Å²) in [4.78, 5) is 38.2. The van der Waals surface area contributed by atoms with E-state index in [1.165, 1.54) is 83.5 Å². The van der Waals surface area contributed by atoms with Crippen molar-refractivity contribution in [1.82, 2.24) is 0 Å². The molecule has 0 radical (unpaired) electrons. The van der Waals surface area contributed by atoms with Crippen molar-refractivity contribution in [1.29, 1.82) is 0 Å². The Labute approximate surface area is 487 Å². The van der Waals surface area contributed by atoms with Crippen molar-refractivity contribution in [2.24, 2.45) is 0 Å². The minimum absolute atomic E-state index is 0.0985. The predicted molar refractivity (Wildman–Crippen MR) is 343 cm³/mol. The largest absolute Gasteiger partial charge is 0.462 e. The molecule has 0 aliphatic rings. The highest BCUT2D eigenvalue weighted by molar-refractivity contribution is 5.71. The fraction of sp³-hybridized carbons (Fsp3) is 0.630. The van der Waals surface area contributed by atoms with Crippen LogP contribution in [0.4, 0.5) is 0 Å². The molecule has 0 saturated carbocycles. The average molecular weight is 1090 g/mol. The van der Waals surface area contributed by atoms with Crippen LogP contribution in [0.15, 0.2) is 146 Å². The van der Waals surface area contributed by atoms with Gasteiger partial charge in [0.2, 0.25) is 0 Å². The number of esters is 3. The molecule has 0 aliphatic heterocycles. The molecule has 6 nitrogen and oxygen atoms in total. The van der Waals surface area contributed by atoms with Crippen LogP contribution in [0.1, 0.15) is 278 Å². The molecule has 0 aliphatic carbocycles. The van der Waals surface area contributed by atoms with Crippen molar-refractivity contribution >= 4 is 17.9 Å². The minimum atomic E-state index is -0.804. The zero-order valence-corrected chi connectivity index (χ0v) is 51.1. The molecule has 0 aromatic heterocycles. The van der Waals surface area contributed by atoms with Gasteiger partial charge in [-0.1, -0.05) is 263 Å². The van der Waals surface area contributed by atoms with E-state index in [1.54, 1.807) is 0 Å². The first-order valence-electron chi connectivity index (χ1n) is 32.3. The Morgan fingerprint density at radius 2 is 0.494 bits per heavy atom. The second-order valence-corrected chi connectivity index (χ2v) is 20.9. The summed E-state index contributed by atoms with van der Waals surface area (Å²) in [6.07, 6.45) is 94.3. The third-order valence-corrected chi connectivity index (χ3v) is 13.3. The van der Waals surface area contributed by atoms with Crippen LogP contribution in [0.25, 0.3) is 0 Å². The highest BCUT2D eigenvalue weighted by Gasteiger charge is 2.19. The molecule has 0 spiro atoms. The molecule has 0 fully saturated rings. The minimum Gasteiger partial charge on any atom is -0.462 e. The molecular formula is C73H118O6. The Hall–Kier alpha value is -4.71. The van der Waals surface area contributed by atoms with Gasteiger partial charge in [0.05, 0.1) is 0 Å². The van der Waals surface area contributed by atoms with Gasteiger partial charge in [-0.15, -0.1) is 0 Å². The van der Waals surface area contributed by atoms with Gasteiger partial charge >= 0.3 is 17.9 Å². The standard InChI is InChI=1S/C73H118O6/c1-4-7-10-13-16-19-22-25-27-28-29-30-31-32-33-34-35-36-37-38-39-40-41-42-43-44-46-48-51-54-57-60-63-66-72(75)78-69-70(68-77-71(74)65-62-59-56-53-50-47-24-21-18-15-12-9-6-3)79-73(76)67-64-61-58-55-52-49-45-26-23-20-17-14-11-8-5-2/h7,9-10,12,16-21,25-27,29-30,32-33,35-36,38-39,45,47,50,70H,4-6,8,11,13-15,22-24,28,31,34,37,40-44,46,48-49,51-69H2,1-3H3/b10-7-,12-9-,19-16-,20-17-,21-18-,27-25-,30-29-,33-32-,36-35-,39-38-,45-26-,50-47-. The zero-order chi connectivity index (χ0) is 57.1. The number of carbonyl (C=O) groups excluding carboxylic acids is 3. The van der Waals surface area contributed by atoms with Crippen LogP contribution in [0, 0.1) is 0 Å². The van der Waals surface area contributed by atoms with E-state index in [9.17, 15) is 14.4 Å². The van der Waals surface area contributed by atoms with Crippen LogP contribution in [-0.2, 0) is 28.6 Å². The Morgan fingerprint density at radius 3 is 0.785 bits per heavy atom. The molecule has 0 N–H and O–H groups in total. The van der Waals surface area contributed by atoms with Gasteiger partial charge in [-0.2, -0.15) is 0 Å². The summed E-state index contributed by atoms with van der Waals surface area (Å²) in [6.45, 7) is 6.34. The van der Waals surface area contributed by atoms with E-state index in [4.69, 9.17) is 14.2 Å². The number of carbonyl (C=O) groups is 3. The maximum absolute atomic E-state index is 12.9. The van der Waals surface area contributed by atoms with Crippen LogP contribution in [0.3, 0.4) is 0 Å². The average Bonchev–Trinajstić information content (AvgIpc) is 3.45. The van der Waals surface area contributed by atoms with Crippen LogP contribution in [0.2, 0.25) is 0 Å². The lowest BCUT2D eigenvalue weighted by atomic mass is 10.0. The van der Waals surface area contributed by atoms with Gasteiger partial charge in [0, 0.05) is 19.3 Å². The molecule has 0 aromatic carbocycles. The molecule has 0 aromatic rings. The molecule has 79 heavy (non-hydrogen) atoms. The van der Waals surface area contributed by atoms with Crippen molar-refractivity contribution in [2.75, 3.05) is 13.2 Å². The first-order chi connectivity index (χ1) is 39.0. The van der Waals surface area contributed by atoms with Crippen LogP contribution < -0.4 is 0 Å². The summed E-state index contributed by atoms with van der Waals surface area (Å²) >= 11 is 0. The van der Waals surface area contributed by atoms with Gasteiger partial charge in [0.1, 0.15) is 13.2 Å². The molecule has 1 atom stereocenters. The van der Waals surface area contributed by atoms with Crippen LogP contribution in [0.5, 0.6) is 0 Å². The van der Waals surface area contributed by atoms with Gasteiger partial charge in [-0.25, -0.2) is 0 Å². The van der Waals surface area contributed by atoms with E-state index >= 15 is 0 Å². The van der Waals surface area contributed by atoms with Crippen molar-refractivity contribution in [3.63, 3.8) is 0 Å². The summed E-state index contributed by atoms with van der Waals surface area (Å²) in [7, 11) is 0. The smallest absolute Gasteiger partial charge is 0.306 e. The lowest BCUT2D eigenvalue weighted by molar-refractivity contribution is -0.167. The number of allylic oxidation sites excluding steroid dienone is 24. The van der Waals surface area contributed by atoms with Crippen LogP contribution in [-0.4, -0.2) is 37.2 Å². The number of rotatable bonds is 57. The SMILES string of the molecule is CC/C=C\C/C=C\C/C=C\C/C=C\C/C=C\C/C=C\C/C=C\CCCCCCCCCCCCCC(=O)OCC(COC(=O)CCCCC/C=C\C/C=C\C/C=C\CC)OC(=O)CCCCCCC/C=C\C/C=C\CCCCC. The first-order valence-corrected chi connectivity index (χ1v) is 32.3. The normalized spacial score (nSPS) is 13.1. The molecular weight excluding hydrogens is 973 g/mol. The van der Waals surface area contributed by atoms with Crippen molar-refractivity contribution in [3.05, 3.63) is 146 Å². The zero-order valence-electron chi connectivity index (χ0n) is 51.1. The lowest BCUT2D eigenvalue weighted by Gasteiger charge is -2.18. The maximum Gasteiger partial charge on any atom is 0.306 e. The number of hydrogen-bond acceptors (Lipinski definition) is 6. The number of ether oxygens (including phenoxy) is 3. The van der Waals surface area contributed by atoms with E-state index in [2.05, 4.69) is 167 Å². The fourth-order valence-corrected chi connectivity index (χ4v) is 8.53. The van der Waals surface area contributed by atoms with Gasteiger partial charge in [0.15, 0.2) is 6.10 Å². The van der Waals surface area contributed by atoms with Crippen molar-refractivity contribution in [3.8, 4) is 0 Å². The van der Waals surface area contributed by atoms with Crippen LogP contribution >= 0.6 is 0 Å². The highest BCUT2D eigenvalue weighted by atomic mass is 16.6. The molecule has 1 unspecified atom stereocenters. The Balaban J connectivity index is 4.26. The van der Waals surface area contributed by atoms with Gasteiger partial charge < -0.3 is 14.2 Å². The molecule has 0 amide bonds. The van der Waals surface area contributed by atoms with E-state index in [-0.39, 0.29) is 31.1 Å². The topological polar surface area (TPSA) is 78.9 Å². The summed E-state index contributed by atoms with van der Waals surface area (Å²) in [5.41, 5.74) is 0. The fourth-order valence-electron chi connectivity index (χ4n) is 8.53. The van der Waals surface area contributed by atoms with E-state index in [0.29, 0.717) is 19.3 Å². The van der Waals surface area contributed by atoms with Gasteiger partial charge in [-0.05, 0) is 141 Å². The molecule has 0 rings (SSSR count). The maximum atomic E-state index is 12.9. The molecule has 0 saturated heterocycles. The third kappa shape index (κ3) is 64.0. The molecule has 6 heteroatoms. The van der Waals surface area contributed by atoms with Crippen molar-refractivity contribution in [2.45, 2.75) is 284 Å². The van der Waals surface area contributed by atoms with Crippen molar-refractivity contribution < 1.29 is 28.6 Å².